The number of nitrogen functional groups attached to an aromatic ring is 1. The highest BCUT2D eigenvalue weighted by molar-refractivity contribution is 7.71. The first-order valence-electron chi connectivity index (χ1n) is 6.85. The number of hydrogen-bond donors (Lipinski definition) is 2. The van der Waals surface area contributed by atoms with Crippen LogP contribution in [0.5, 0.6) is 0 Å². The fourth-order valence-corrected chi connectivity index (χ4v) is 2.56. The van der Waals surface area contributed by atoms with Crippen LogP contribution in [0.4, 0.5) is 4.39 Å². The van der Waals surface area contributed by atoms with Gasteiger partial charge in [0.25, 0.3) is 0 Å². The summed E-state index contributed by atoms with van der Waals surface area (Å²) in [7, 11) is 0. The smallest absolute Gasteiger partial charge is 0.214 e. The molecule has 22 heavy (non-hydrogen) atoms. The summed E-state index contributed by atoms with van der Waals surface area (Å²) in [5.74, 6) is 5.95. The predicted molar refractivity (Wildman–Crippen MR) is 86.9 cm³/mol. The van der Waals surface area contributed by atoms with Crippen LogP contribution < -0.4 is 5.84 Å². The van der Waals surface area contributed by atoms with Crippen molar-refractivity contribution in [3.05, 3.63) is 70.5 Å². The zero-order chi connectivity index (χ0) is 15.7. The van der Waals surface area contributed by atoms with Gasteiger partial charge in [-0.25, -0.2) is 9.07 Å². The Hall–Kier alpha value is -2.47. The number of rotatable bonds is 3. The van der Waals surface area contributed by atoms with E-state index in [-0.39, 0.29) is 11.7 Å². The van der Waals surface area contributed by atoms with E-state index in [1.165, 1.54) is 10.7 Å². The third-order valence-electron chi connectivity index (χ3n) is 3.70. The first-order valence-corrected chi connectivity index (χ1v) is 7.26. The maximum Gasteiger partial charge on any atom is 0.214 e. The Morgan fingerprint density at radius 3 is 2.55 bits per heavy atom. The van der Waals surface area contributed by atoms with Gasteiger partial charge in [0, 0.05) is 11.5 Å². The number of H-pyrrole nitrogens is 1. The number of nitrogens with one attached hydrogen (secondary N) is 1. The maximum absolute atomic E-state index is 14.4. The van der Waals surface area contributed by atoms with Gasteiger partial charge >= 0.3 is 0 Å². The molecule has 3 rings (SSSR count). The fraction of sp³-hybridized carbons (Fsp3) is 0.125. The molecule has 0 spiro atoms. The summed E-state index contributed by atoms with van der Waals surface area (Å²) in [4.78, 5) is 0. The second kappa shape index (κ2) is 5.73. The second-order valence-electron chi connectivity index (χ2n) is 5.08. The number of halogens is 1. The minimum atomic E-state index is -0.270. The summed E-state index contributed by atoms with van der Waals surface area (Å²) >= 11 is 5.00. The van der Waals surface area contributed by atoms with E-state index in [1.54, 1.807) is 6.07 Å². The predicted octanol–water partition coefficient (Wildman–Crippen LogP) is 3.61. The average molecular weight is 314 g/mol. The lowest BCUT2D eigenvalue weighted by molar-refractivity contribution is 0.626. The SMILES string of the molecule is CC(c1ccc(-c2ccccc2)c(F)c1)c1n[nH]c(=S)n1N. The third kappa shape index (κ3) is 2.53. The van der Waals surface area contributed by atoms with E-state index in [0.29, 0.717) is 16.2 Å². The second-order valence-corrected chi connectivity index (χ2v) is 5.47. The number of benzene rings is 2. The third-order valence-corrected chi connectivity index (χ3v) is 3.98. The van der Waals surface area contributed by atoms with E-state index in [4.69, 9.17) is 18.1 Å². The van der Waals surface area contributed by atoms with Crippen molar-refractivity contribution in [1.29, 1.82) is 0 Å². The summed E-state index contributed by atoms with van der Waals surface area (Å²) in [6.45, 7) is 1.91. The van der Waals surface area contributed by atoms with Gasteiger partial charge in [0.2, 0.25) is 4.77 Å². The minimum Gasteiger partial charge on any atom is -0.335 e. The molecule has 0 aliphatic carbocycles. The van der Waals surface area contributed by atoms with Gasteiger partial charge < -0.3 is 5.84 Å². The summed E-state index contributed by atoms with van der Waals surface area (Å²) in [5.41, 5.74) is 2.21. The van der Waals surface area contributed by atoms with Gasteiger partial charge in [-0.2, -0.15) is 5.10 Å². The lowest BCUT2D eigenvalue weighted by Gasteiger charge is -2.12. The van der Waals surface area contributed by atoms with E-state index >= 15 is 0 Å². The van der Waals surface area contributed by atoms with Crippen LogP contribution in [-0.4, -0.2) is 14.9 Å². The van der Waals surface area contributed by atoms with Crippen molar-refractivity contribution in [2.24, 2.45) is 0 Å². The zero-order valence-electron chi connectivity index (χ0n) is 12.0. The number of aromatic amines is 1. The molecule has 2 aromatic carbocycles. The van der Waals surface area contributed by atoms with Crippen LogP contribution in [0.25, 0.3) is 11.1 Å². The molecule has 0 amide bonds. The molecule has 1 unspecified atom stereocenters. The Bertz CT molecular complexity index is 854. The van der Waals surface area contributed by atoms with E-state index in [9.17, 15) is 4.39 Å². The monoisotopic (exact) mass is 314 g/mol. The fourth-order valence-electron chi connectivity index (χ4n) is 2.42. The molecule has 0 saturated carbocycles. The Morgan fingerprint density at radius 1 is 1.23 bits per heavy atom. The van der Waals surface area contributed by atoms with Gasteiger partial charge in [0.1, 0.15) is 5.82 Å². The standard InChI is InChI=1S/C16H15FN4S/c1-10(15-19-20-16(22)21(15)18)12-7-8-13(14(17)9-12)11-5-3-2-4-6-11/h2-10H,18H2,1H3,(H,20,22). The lowest BCUT2D eigenvalue weighted by atomic mass is 9.96. The molecule has 0 saturated heterocycles. The largest absolute Gasteiger partial charge is 0.335 e. The van der Waals surface area contributed by atoms with Gasteiger partial charge in [-0.1, -0.05) is 49.4 Å². The quantitative estimate of drug-likeness (QED) is 0.573. The van der Waals surface area contributed by atoms with E-state index in [2.05, 4.69) is 10.2 Å². The van der Waals surface area contributed by atoms with Crippen molar-refractivity contribution in [1.82, 2.24) is 14.9 Å². The molecule has 1 atom stereocenters. The zero-order valence-corrected chi connectivity index (χ0v) is 12.8. The highest BCUT2D eigenvalue weighted by Gasteiger charge is 2.17. The Balaban J connectivity index is 1.99. The molecule has 3 aromatic rings. The number of aromatic nitrogens is 3. The molecule has 0 aliphatic heterocycles. The summed E-state index contributed by atoms with van der Waals surface area (Å²) < 4.78 is 16.1. The van der Waals surface area contributed by atoms with Crippen LogP contribution in [0.1, 0.15) is 24.2 Å². The Morgan fingerprint density at radius 2 is 1.95 bits per heavy atom. The summed E-state index contributed by atoms with van der Waals surface area (Å²) in [6.07, 6.45) is 0. The van der Waals surface area contributed by atoms with Gasteiger partial charge in [0.05, 0.1) is 0 Å². The van der Waals surface area contributed by atoms with E-state index in [0.717, 1.165) is 11.1 Å². The number of nitrogens with zero attached hydrogens (tertiary/aromatic N) is 2. The molecule has 4 nitrogen and oxygen atoms in total. The molecule has 6 heteroatoms. The van der Waals surface area contributed by atoms with Crippen molar-refractivity contribution >= 4 is 12.2 Å². The van der Waals surface area contributed by atoms with E-state index < -0.39 is 0 Å². The van der Waals surface area contributed by atoms with Crippen LogP contribution in [0.3, 0.4) is 0 Å². The molecule has 0 fully saturated rings. The molecule has 112 valence electrons. The molecule has 0 radical (unpaired) electrons. The molecule has 1 heterocycles. The normalized spacial score (nSPS) is 12.3. The lowest BCUT2D eigenvalue weighted by Crippen LogP contribution is -2.15. The van der Waals surface area contributed by atoms with Crippen molar-refractivity contribution < 1.29 is 4.39 Å². The molecule has 0 aliphatic rings. The topological polar surface area (TPSA) is 59.6 Å². The minimum absolute atomic E-state index is 0.169. The van der Waals surface area contributed by atoms with Crippen LogP contribution in [0, 0.1) is 10.6 Å². The van der Waals surface area contributed by atoms with Crippen LogP contribution in [-0.2, 0) is 0 Å². The molecular weight excluding hydrogens is 299 g/mol. The van der Waals surface area contributed by atoms with Crippen LogP contribution >= 0.6 is 12.2 Å². The molecule has 3 N–H and O–H groups in total. The molecular formula is C16H15FN4S. The van der Waals surface area contributed by atoms with E-state index in [1.807, 2.05) is 43.3 Å². The highest BCUT2D eigenvalue weighted by Crippen LogP contribution is 2.28. The Kier molecular flexibility index (Phi) is 3.77. The first kappa shape index (κ1) is 14.5. The molecule has 0 bridgehead atoms. The van der Waals surface area contributed by atoms with Crippen LogP contribution in [0.2, 0.25) is 0 Å². The molecule has 1 aromatic heterocycles. The van der Waals surface area contributed by atoms with Crippen molar-refractivity contribution in [2.45, 2.75) is 12.8 Å². The van der Waals surface area contributed by atoms with Crippen molar-refractivity contribution in [3.63, 3.8) is 0 Å². The maximum atomic E-state index is 14.4. The average Bonchev–Trinajstić information content (AvgIpc) is 2.87. The van der Waals surface area contributed by atoms with Gasteiger partial charge in [-0.3, -0.25) is 5.10 Å². The van der Waals surface area contributed by atoms with Crippen molar-refractivity contribution in [3.8, 4) is 11.1 Å². The Labute approximate surface area is 132 Å². The van der Waals surface area contributed by atoms with Gasteiger partial charge in [-0.05, 0) is 29.4 Å². The summed E-state index contributed by atoms with van der Waals surface area (Å²) in [5, 5.41) is 6.74. The van der Waals surface area contributed by atoms with Gasteiger partial charge in [-0.15, -0.1) is 0 Å². The number of nitrogens with two attached hydrogens (primary N) is 1. The van der Waals surface area contributed by atoms with Gasteiger partial charge in [0.15, 0.2) is 5.82 Å². The first-order chi connectivity index (χ1) is 10.6. The van der Waals surface area contributed by atoms with Crippen molar-refractivity contribution in [2.75, 3.05) is 5.84 Å². The van der Waals surface area contributed by atoms with Crippen LogP contribution in [0.15, 0.2) is 48.5 Å². The summed E-state index contributed by atoms with van der Waals surface area (Å²) in [6, 6.07) is 14.6. The highest BCUT2D eigenvalue weighted by atomic mass is 32.1. The number of hydrogen-bond acceptors (Lipinski definition) is 3.